The molecule has 4 aromatic rings. The summed E-state index contributed by atoms with van der Waals surface area (Å²) in [4.78, 5) is 0. The van der Waals surface area contributed by atoms with Gasteiger partial charge in [0.1, 0.15) is 12.9 Å². The molecule has 1 heterocycles. The standard InChI is InChI=1S/C26H25FN/c1-16-13-24(18(3)19(4)25(16)27)26-23-12-11-21(20-9-7-6-8-10-20)15-22(23)14-17(2)28(26)5/h6-15H,1-5H3/q+1. The van der Waals surface area contributed by atoms with E-state index in [0.29, 0.717) is 5.56 Å². The minimum Gasteiger partial charge on any atom is -0.206 e. The minimum absolute atomic E-state index is 0.104. The van der Waals surface area contributed by atoms with E-state index in [1.54, 1.807) is 0 Å². The zero-order valence-corrected chi connectivity index (χ0v) is 17.1. The molecule has 0 N–H and O–H groups in total. The fraction of sp³-hybridized carbons (Fsp3) is 0.192. The molecule has 3 aromatic carbocycles. The molecular formula is C26H25FN+. The van der Waals surface area contributed by atoms with Gasteiger partial charge >= 0.3 is 0 Å². The zero-order chi connectivity index (χ0) is 20.0. The number of hydrogen-bond acceptors (Lipinski definition) is 0. The molecule has 28 heavy (non-hydrogen) atoms. The van der Waals surface area contributed by atoms with Gasteiger partial charge in [0.05, 0.1) is 10.9 Å². The number of rotatable bonds is 2. The lowest BCUT2D eigenvalue weighted by Crippen LogP contribution is -2.35. The molecule has 4 rings (SSSR count). The summed E-state index contributed by atoms with van der Waals surface area (Å²) in [5.41, 5.74) is 8.24. The lowest BCUT2D eigenvalue weighted by atomic mass is 9.92. The van der Waals surface area contributed by atoms with E-state index in [9.17, 15) is 4.39 Å². The molecule has 0 aliphatic heterocycles. The minimum atomic E-state index is -0.104. The monoisotopic (exact) mass is 370 g/mol. The first kappa shape index (κ1) is 18.4. The molecule has 0 aliphatic rings. The molecule has 140 valence electrons. The third-order valence-electron chi connectivity index (χ3n) is 5.90. The van der Waals surface area contributed by atoms with Crippen LogP contribution in [0.4, 0.5) is 4.39 Å². The molecule has 0 spiro atoms. The lowest BCUT2D eigenvalue weighted by Gasteiger charge is -2.14. The first-order chi connectivity index (χ1) is 13.4. The number of fused-ring (bicyclic) bond motifs is 1. The lowest BCUT2D eigenvalue weighted by molar-refractivity contribution is -0.665. The van der Waals surface area contributed by atoms with Crippen molar-refractivity contribution in [2.24, 2.45) is 7.05 Å². The first-order valence-corrected chi connectivity index (χ1v) is 9.64. The van der Waals surface area contributed by atoms with Gasteiger partial charge < -0.3 is 0 Å². The summed E-state index contributed by atoms with van der Waals surface area (Å²) in [5.74, 6) is -0.104. The Balaban J connectivity index is 2.03. The Kier molecular flexibility index (Phi) is 4.50. The molecule has 0 saturated carbocycles. The number of aromatic nitrogens is 1. The van der Waals surface area contributed by atoms with E-state index in [2.05, 4.69) is 67.1 Å². The van der Waals surface area contributed by atoms with Crippen LogP contribution >= 0.6 is 0 Å². The van der Waals surface area contributed by atoms with Crippen molar-refractivity contribution >= 4 is 10.8 Å². The van der Waals surface area contributed by atoms with Crippen molar-refractivity contribution in [3.63, 3.8) is 0 Å². The Labute approximate surface area is 166 Å². The molecule has 0 saturated heterocycles. The molecule has 0 radical (unpaired) electrons. The molecule has 1 nitrogen and oxygen atoms in total. The van der Waals surface area contributed by atoms with Crippen LogP contribution in [-0.4, -0.2) is 0 Å². The summed E-state index contributed by atoms with van der Waals surface area (Å²) < 4.78 is 16.6. The number of benzene rings is 3. The second kappa shape index (κ2) is 6.87. The summed E-state index contributed by atoms with van der Waals surface area (Å²) >= 11 is 0. The molecule has 0 atom stereocenters. The van der Waals surface area contributed by atoms with E-state index in [-0.39, 0.29) is 5.82 Å². The molecule has 0 unspecified atom stereocenters. The van der Waals surface area contributed by atoms with Gasteiger partial charge in [-0.05, 0) is 72.2 Å². The van der Waals surface area contributed by atoms with Crippen LogP contribution < -0.4 is 4.57 Å². The van der Waals surface area contributed by atoms with E-state index in [1.807, 2.05) is 32.9 Å². The summed E-state index contributed by atoms with van der Waals surface area (Å²) in [6, 6.07) is 21.3. The molecular weight excluding hydrogens is 345 g/mol. The maximum Gasteiger partial charge on any atom is 0.220 e. The van der Waals surface area contributed by atoms with Gasteiger partial charge in [-0.15, -0.1) is 0 Å². The van der Waals surface area contributed by atoms with E-state index >= 15 is 0 Å². The second-order valence-corrected chi connectivity index (χ2v) is 7.67. The molecule has 0 fully saturated rings. The molecule has 0 amide bonds. The van der Waals surface area contributed by atoms with Gasteiger partial charge in [-0.2, -0.15) is 4.57 Å². The van der Waals surface area contributed by atoms with Crippen molar-refractivity contribution in [3.05, 3.63) is 88.9 Å². The van der Waals surface area contributed by atoms with Crippen LogP contribution in [0.15, 0.2) is 60.7 Å². The van der Waals surface area contributed by atoms with Crippen molar-refractivity contribution in [3.8, 4) is 22.4 Å². The average molecular weight is 370 g/mol. The van der Waals surface area contributed by atoms with Crippen molar-refractivity contribution < 1.29 is 8.96 Å². The van der Waals surface area contributed by atoms with Crippen LogP contribution in [0.25, 0.3) is 33.2 Å². The van der Waals surface area contributed by atoms with Gasteiger partial charge in [0.25, 0.3) is 0 Å². The van der Waals surface area contributed by atoms with Crippen LogP contribution in [0, 0.1) is 33.5 Å². The van der Waals surface area contributed by atoms with Gasteiger partial charge in [-0.1, -0.05) is 36.4 Å². The van der Waals surface area contributed by atoms with E-state index < -0.39 is 0 Å². The van der Waals surface area contributed by atoms with Gasteiger partial charge in [0.15, 0.2) is 5.69 Å². The Morgan fingerprint density at radius 3 is 2.18 bits per heavy atom. The molecule has 1 aromatic heterocycles. The van der Waals surface area contributed by atoms with Crippen LogP contribution in [0.3, 0.4) is 0 Å². The molecule has 0 bridgehead atoms. The Morgan fingerprint density at radius 1 is 0.750 bits per heavy atom. The van der Waals surface area contributed by atoms with Gasteiger partial charge in [-0.3, -0.25) is 0 Å². The van der Waals surface area contributed by atoms with Crippen LogP contribution in [0.2, 0.25) is 0 Å². The fourth-order valence-electron chi connectivity index (χ4n) is 4.01. The number of hydrogen-bond donors (Lipinski definition) is 0. The first-order valence-electron chi connectivity index (χ1n) is 9.64. The Hall–Kier alpha value is -3.00. The van der Waals surface area contributed by atoms with Gasteiger partial charge in [0.2, 0.25) is 5.69 Å². The number of aryl methyl sites for hydroxylation is 2. The summed E-state index contributed by atoms with van der Waals surface area (Å²) in [5, 5.41) is 2.38. The highest BCUT2D eigenvalue weighted by Gasteiger charge is 2.22. The van der Waals surface area contributed by atoms with E-state index in [4.69, 9.17) is 0 Å². The number of nitrogens with zero attached hydrogens (tertiary/aromatic N) is 1. The fourth-order valence-corrected chi connectivity index (χ4v) is 4.01. The topological polar surface area (TPSA) is 3.88 Å². The Morgan fingerprint density at radius 2 is 1.46 bits per heavy atom. The van der Waals surface area contributed by atoms with Crippen molar-refractivity contribution in [1.82, 2.24) is 0 Å². The highest BCUT2D eigenvalue weighted by Crippen LogP contribution is 2.34. The number of halogens is 1. The third kappa shape index (κ3) is 2.90. The summed E-state index contributed by atoms with van der Waals surface area (Å²) in [7, 11) is 2.09. The van der Waals surface area contributed by atoms with E-state index in [1.165, 1.54) is 27.6 Å². The van der Waals surface area contributed by atoms with Crippen LogP contribution in [-0.2, 0) is 7.05 Å². The summed E-state index contributed by atoms with van der Waals surface area (Å²) in [6.07, 6.45) is 0. The van der Waals surface area contributed by atoms with Crippen LogP contribution in [0.1, 0.15) is 22.4 Å². The van der Waals surface area contributed by atoms with Crippen molar-refractivity contribution in [1.29, 1.82) is 0 Å². The second-order valence-electron chi connectivity index (χ2n) is 7.67. The van der Waals surface area contributed by atoms with Gasteiger partial charge in [-0.25, -0.2) is 4.39 Å². The molecule has 0 aliphatic carbocycles. The molecule has 2 heteroatoms. The maximum absolute atomic E-state index is 14.4. The van der Waals surface area contributed by atoms with Crippen molar-refractivity contribution in [2.75, 3.05) is 0 Å². The highest BCUT2D eigenvalue weighted by atomic mass is 19.1. The Bertz CT molecular complexity index is 1210. The SMILES string of the molecule is Cc1cc(-c2c3ccc(-c4ccccc4)cc3cc(C)[n+]2C)c(C)c(C)c1F. The zero-order valence-electron chi connectivity index (χ0n) is 17.1. The highest BCUT2D eigenvalue weighted by molar-refractivity contribution is 5.96. The predicted octanol–water partition coefficient (Wildman–Crippen LogP) is 6.37. The van der Waals surface area contributed by atoms with E-state index in [0.717, 1.165) is 22.4 Å². The summed E-state index contributed by atoms with van der Waals surface area (Å²) in [6.45, 7) is 7.85. The normalized spacial score (nSPS) is 11.2. The van der Waals surface area contributed by atoms with Crippen LogP contribution in [0.5, 0.6) is 0 Å². The number of pyridine rings is 1. The van der Waals surface area contributed by atoms with Gasteiger partial charge in [0, 0.05) is 13.0 Å². The predicted molar refractivity (Wildman–Crippen MR) is 115 cm³/mol. The average Bonchev–Trinajstić information content (AvgIpc) is 2.71. The quantitative estimate of drug-likeness (QED) is 0.361. The largest absolute Gasteiger partial charge is 0.220 e. The maximum atomic E-state index is 14.4. The smallest absolute Gasteiger partial charge is 0.206 e. The van der Waals surface area contributed by atoms with Crippen molar-refractivity contribution in [2.45, 2.75) is 27.7 Å². The third-order valence-corrected chi connectivity index (χ3v) is 5.90.